The number of aliphatic hydroxyl groups excluding tert-OH is 3. The molecule has 17 atom stereocenters. The first-order chi connectivity index (χ1) is 46.5. The molecule has 3 spiro atoms. The number of carbonyl (C=O) groups excluding carboxylic acids is 2. The first kappa shape index (κ1) is 59.9. The topological polar surface area (TPSA) is 162 Å². The van der Waals surface area contributed by atoms with Crippen molar-refractivity contribution in [1.82, 2.24) is 0 Å². The van der Waals surface area contributed by atoms with Crippen molar-refractivity contribution in [1.29, 1.82) is 0 Å². The Morgan fingerprint density at radius 3 is 2.44 bits per heavy atom. The van der Waals surface area contributed by atoms with E-state index in [2.05, 4.69) is 127 Å². The van der Waals surface area contributed by atoms with Crippen molar-refractivity contribution in [2.75, 3.05) is 26.9 Å². The summed E-state index contributed by atoms with van der Waals surface area (Å²) in [5.41, 5.74) is 13.5. The predicted molar refractivity (Wildman–Crippen MR) is 363 cm³/mol. The summed E-state index contributed by atoms with van der Waals surface area (Å²) in [6, 6.07) is 33.5. The second kappa shape index (κ2) is 22.8. The van der Waals surface area contributed by atoms with E-state index in [0.29, 0.717) is 58.9 Å². The molecule has 3 N–H and O–H groups in total. The number of rotatable bonds is 8. The number of methoxy groups -OCH3 is 1. The van der Waals surface area contributed by atoms with Crippen LogP contribution in [0.1, 0.15) is 223 Å². The van der Waals surface area contributed by atoms with Gasteiger partial charge in [-0.1, -0.05) is 134 Å². The molecular formula is C84H84O11. The van der Waals surface area contributed by atoms with Crippen LogP contribution in [-0.2, 0) is 47.7 Å². The third-order valence-corrected chi connectivity index (χ3v) is 26.7. The molecule has 1 saturated heterocycles. The van der Waals surface area contributed by atoms with E-state index in [9.17, 15) is 15.3 Å². The molecule has 0 amide bonds. The van der Waals surface area contributed by atoms with E-state index in [4.69, 9.17) is 23.4 Å². The monoisotopic (exact) mass is 1270 g/mol. The van der Waals surface area contributed by atoms with Gasteiger partial charge >= 0.3 is 17.6 Å². The molecule has 5 aromatic carbocycles. The molecule has 9 aliphatic carbocycles. The molecule has 1 aromatic heterocycles. The standard InChI is InChI=1S/C84H84O11/c1-46(43-86)63-39-50-19-20-52-40-65-60-25-22-47-10-3-5-15-57(47)64(60)42-70(65)83-34-9-12-49-31-35-82(69-29-27-59(50)73(52)75(49)69)36-32-51(58-16-8-18-68-61(58)26-24-55-14-7-13-54-23-21-48-11-4-6-17-67(48)84(54,55)68)38-56(82)41-72(88)92-78(79(83)94-80(63)89)76-71(95-83)30-28-62-66(44-87)74(81(90)93-77(62)76)53(33-37-85)45-91-2/h3-6,8,10-11,15-18,21-23,25,27-30,32,36,49-56,60,64-65,70,78-79,85-87H,7,13-14,19-20,24,26,31,33-35,37-45H2,1-2H3/b63-46-/t49-,50+,51+,52-,53-,54+,55-,56-,60+,64-,65-,70-,78-,79+,82+,83+,84-/m1/s1. The lowest BCUT2D eigenvalue weighted by molar-refractivity contribution is -0.205. The fourth-order valence-corrected chi connectivity index (χ4v) is 22.8. The lowest BCUT2D eigenvalue weighted by atomic mass is 9.48. The molecular weight excluding hydrogens is 1180 g/mol. The van der Waals surface area contributed by atoms with Crippen molar-refractivity contribution < 1.29 is 48.3 Å². The predicted octanol–water partition coefficient (Wildman–Crippen LogP) is 14.8. The number of hydrogen-bond acceptors (Lipinski definition) is 11. The van der Waals surface area contributed by atoms with Crippen molar-refractivity contribution in [3.63, 3.8) is 0 Å². The van der Waals surface area contributed by atoms with Crippen LogP contribution in [0.4, 0.5) is 0 Å². The second-order valence-corrected chi connectivity index (χ2v) is 30.5. The summed E-state index contributed by atoms with van der Waals surface area (Å²) < 4.78 is 35.2. The number of esters is 2. The highest BCUT2D eigenvalue weighted by Gasteiger charge is 2.65. The molecule has 7 bridgehead atoms. The Balaban J connectivity index is 0.892. The number of carbonyl (C=O) groups is 2. The van der Waals surface area contributed by atoms with Gasteiger partial charge in [-0.2, -0.15) is 0 Å². The minimum Gasteiger partial charge on any atom is -0.481 e. The zero-order valence-electron chi connectivity index (χ0n) is 54.5. The zero-order chi connectivity index (χ0) is 64.2. The zero-order valence-corrected chi connectivity index (χ0v) is 54.5. The minimum absolute atomic E-state index is 0.0109. The second-order valence-electron chi connectivity index (χ2n) is 30.5. The lowest BCUT2D eigenvalue weighted by Crippen LogP contribution is -2.61. The Morgan fingerprint density at radius 2 is 1.58 bits per heavy atom. The highest BCUT2D eigenvalue weighted by atomic mass is 16.6. The van der Waals surface area contributed by atoms with Crippen LogP contribution in [0.5, 0.6) is 5.75 Å². The molecule has 0 radical (unpaired) electrons. The SMILES string of the molecule is COC[C@@H](CCO)c1c(CO)c2ccc3c(c2oc1=O)[C@H]1OC(=O)C[C@H]2C[C@@H](c4cccc5c4CC[C@H]4CCC[C@H]6C=Cc7ccccc7[C@]546)C=C[C@@]24CC[C@H]2C#CC[C@]5(O3)[C@@H]3C[C@@H]6c7ccccc7C=C[C@@H]6[C@H]3C[C@H]3CC[C@@H](C/C(=C(\C)CO)C(=O)O[C@@H]15)c1ccc4c2c13. The summed E-state index contributed by atoms with van der Waals surface area (Å²) in [5, 5.41) is 33.5. The molecule has 6 aromatic rings. The maximum Gasteiger partial charge on any atom is 0.340 e. The van der Waals surface area contributed by atoms with E-state index < -0.39 is 53.3 Å². The Morgan fingerprint density at radius 1 is 0.747 bits per heavy atom. The summed E-state index contributed by atoms with van der Waals surface area (Å²) in [6.45, 7) is 0.744. The lowest BCUT2D eigenvalue weighted by Gasteiger charge is -2.55. The summed E-state index contributed by atoms with van der Waals surface area (Å²) in [5.74, 6) is 6.90. The first-order valence-electron chi connectivity index (χ1n) is 35.7. The highest BCUT2D eigenvalue weighted by molar-refractivity contribution is 5.91. The van der Waals surface area contributed by atoms with Crippen LogP contribution in [0.15, 0.2) is 136 Å². The quantitative estimate of drug-likeness (QED) is 0.0437. The van der Waals surface area contributed by atoms with Gasteiger partial charge in [0.2, 0.25) is 0 Å². The van der Waals surface area contributed by atoms with Gasteiger partial charge in [0.1, 0.15) is 11.3 Å². The number of ether oxygens (including phenoxy) is 4. The van der Waals surface area contributed by atoms with Crippen LogP contribution in [0.25, 0.3) is 23.1 Å². The maximum atomic E-state index is 16.6. The van der Waals surface area contributed by atoms with Crippen LogP contribution in [0.3, 0.4) is 0 Å². The summed E-state index contributed by atoms with van der Waals surface area (Å²) in [6.07, 6.45) is 23.9. The first-order valence-corrected chi connectivity index (χ1v) is 35.7. The fraction of sp³-hybridized carbons (Fsp3) is 0.464. The number of fused-ring (bicyclic) bond motifs is 14. The summed E-state index contributed by atoms with van der Waals surface area (Å²) in [7, 11) is 1.53. The van der Waals surface area contributed by atoms with E-state index in [-0.39, 0.29) is 114 Å². The molecule has 4 aliphatic heterocycles. The van der Waals surface area contributed by atoms with Gasteiger partial charge in [-0.25, -0.2) is 9.59 Å². The van der Waals surface area contributed by atoms with Crippen molar-refractivity contribution in [2.24, 2.45) is 35.5 Å². The molecule has 11 heteroatoms. The van der Waals surface area contributed by atoms with Crippen LogP contribution in [0.2, 0.25) is 0 Å². The molecule has 2 saturated carbocycles. The third-order valence-electron chi connectivity index (χ3n) is 26.7. The summed E-state index contributed by atoms with van der Waals surface area (Å²) in [4.78, 5) is 47.9. The van der Waals surface area contributed by atoms with Crippen molar-refractivity contribution in [3.8, 4) is 17.6 Å². The Bertz CT molecular complexity index is 4470. The van der Waals surface area contributed by atoms with Crippen LogP contribution in [0, 0.1) is 47.3 Å². The Hall–Kier alpha value is -7.59. The molecule has 95 heavy (non-hydrogen) atoms. The molecule has 5 heterocycles. The average Bonchev–Trinajstić information content (AvgIpc) is 1.58. The van der Waals surface area contributed by atoms with E-state index in [1.54, 1.807) is 0 Å². The Labute approximate surface area is 555 Å². The number of hydrogen-bond donors (Lipinski definition) is 3. The Kier molecular flexibility index (Phi) is 14.3. The molecule has 19 rings (SSSR count). The van der Waals surface area contributed by atoms with E-state index in [0.717, 1.165) is 51.4 Å². The maximum absolute atomic E-state index is 16.6. The van der Waals surface area contributed by atoms with Crippen LogP contribution in [-0.4, -0.2) is 65.9 Å². The van der Waals surface area contributed by atoms with E-state index in [1.165, 1.54) is 81.1 Å². The van der Waals surface area contributed by atoms with Crippen LogP contribution < -0.4 is 10.4 Å². The van der Waals surface area contributed by atoms with Crippen LogP contribution >= 0.6 is 0 Å². The van der Waals surface area contributed by atoms with E-state index in [1.807, 2.05) is 19.1 Å². The van der Waals surface area contributed by atoms with Gasteiger partial charge in [0.15, 0.2) is 17.8 Å². The molecule has 486 valence electrons. The third kappa shape index (κ3) is 8.67. The van der Waals surface area contributed by atoms with E-state index >= 15 is 14.4 Å². The van der Waals surface area contributed by atoms with Crippen molar-refractivity contribution in [2.45, 2.75) is 180 Å². The average molecular weight is 1270 g/mol. The molecule has 0 unspecified atom stereocenters. The van der Waals surface area contributed by atoms with Gasteiger partial charge in [-0.3, -0.25) is 4.79 Å². The largest absolute Gasteiger partial charge is 0.481 e. The smallest absolute Gasteiger partial charge is 0.340 e. The molecule has 3 fully saturated rings. The minimum atomic E-state index is -1.46. The number of aliphatic hydroxyl groups is 3. The van der Waals surface area contributed by atoms with Gasteiger partial charge in [0, 0.05) is 71.2 Å². The van der Waals surface area contributed by atoms with Crippen molar-refractivity contribution >= 4 is 35.1 Å². The fourth-order valence-electron chi connectivity index (χ4n) is 22.8. The number of benzene rings is 5. The molecule has 11 nitrogen and oxygen atoms in total. The molecule has 13 aliphatic rings. The van der Waals surface area contributed by atoms with Gasteiger partial charge in [-0.15, -0.1) is 0 Å². The van der Waals surface area contributed by atoms with Gasteiger partial charge < -0.3 is 38.7 Å². The van der Waals surface area contributed by atoms with Gasteiger partial charge in [0.05, 0.1) is 31.8 Å². The number of allylic oxidation sites excluding steroid dienone is 4. The highest BCUT2D eigenvalue weighted by Crippen LogP contribution is 2.67. The normalized spacial score (nSPS) is 34.5. The summed E-state index contributed by atoms with van der Waals surface area (Å²) >= 11 is 0. The van der Waals surface area contributed by atoms with Gasteiger partial charge in [0.25, 0.3) is 0 Å². The van der Waals surface area contributed by atoms with Gasteiger partial charge in [-0.05, 0) is 222 Å². The van der Waals surface area contributed by atoms with Crippen molar-refractivity contribution in [3.05, 3.63) is 215 Å².